The van der Waals surface area contributed by atoms with Gasteiger partial charge in [0.25, 0.3) is 0 Å². The molecular weight excluding hydrogens is 330 g/mol. The number of amides is 1. The van der Waals surface area contributed by atoms with E-state index in [4.69, 9.17) is 9.47 Å². The van der Waals surface area contributed by atoms with Crippen molar-refractivity contribution in [3.05, 3.63) is 65.7 Å². The highest BCUT2D eigenvalue weighted by Gasteiger charge is 2.16. The Kier molecular flexibility index (Phi) is 7.04. The van der Waals surface area contributed by atoms with E-state index in [9.17, 15) is 9.90 Å². The molecule has 0 saturated carbocycles. The summed E-state index contributed by atoms with van der Waals surface area (Å²) in [5.41, 5.74) is 1.53. The van der Waals surface area contributed by atoms with E-state index in [1.807, 2.05) is 54.6 Å². The Bertz CT molecular complexity index is 677. The summed E-state index contributed by atoms with van der Waals surface area (Å²) in [4.78, 5) is 11.6. The molecule has 0 aliphatic rings. The molecule has 0 bridgehead atoms. The summed E-state index contributed by atoms with van der Waals surface area (Å²) < 4.78 is 10.9. The summed E-state index contributed by atoms with van der Waals surface area (Å²) in [6.45, 7) is 6.04. The first kappa shape index (κ1) is 19.8. The van der Waals surface area contributed by atoms with Gasteiger partial charge < -0.3 is 19.9 Å². The van der Waals surface area contributed by atoms with Gasteiger partial charge in [-0.1, -0.05) is 42.5 Å². The Morgan fingerprint density at radius 2 is 1.69 bits per heavy atom. The largest absolute Gasteiger partial charge is 0.489 e. The van der Waals surface area contributed by atoms with Crippen LogP contribution in [0.1, 0.15) is 31.9 Å². The standard InChI is InChI=1S/C21H27NO4/c1-21(2,3)26-20(24)22-14-18(23)13-16-9-11-19(12-10-16)25-15-17-7-5-4-6-8-17/h4-12,18,23H,13-15H2,1-3H3,(H,22,24)/t18-/m1/s1. The van der Waals surface area contributed by atoms with Gasteiger partial charge in [0.2, 0.25) is 0 Å². The van der Waals surface area contributed by atoms with E-state index >= 15 is 0 Å². The average molecular weight is 357 g/mol. The molecule has 0 heterocycles. The van der Waals surface area contributed by atoms with Crippen LogP contribution >= 0.6 is 0 Å². The molecule has 5 heteroatoms. The topological polar surface area (TPSA) is 67.8 Å². The number of aliphatic hydroxyl groups is 1. The van der Waals surface area contributed by atoms with Crippen molar-refractivity contribution in [3.63, 3.8) is 0 Å². The number of benzene rings is 2. The van der Waals surface area contributed by atoms with E-state index in [0.29, 0.717) is 13.0 Å². The minimum atomic E-state index is -0.682. The SMILES string of the molecule is CC(C)(C)OC(=O)NC[C@H](O)Cc1ccc(OCc2ccccc2)cc1. The van der Waals surface area contributed by atoms with Gasteiger partial charge >= 0.3 is 6.09 Å². The zero-order valence-electron chi connectivity index (χ0n) is 15.6. The van der Waals surface area contributed by atoms with Gasteiger partial charge in [0.15, 0.2) is 0 Å². The van der Waals surface area contributed by atoms with E-state index < -0.39 is 17.8 Å². The second kappa shape index (κ2) is 9.25. The molecule has 2 aromatic rings. The molecule has 2 rings (SSSR count). The van der Waals surface area contributed by atoms with E-state index in [1.165, 1.54) is 0 Å². The van der Waals surface area contributed by atoms with Crippen molar-refractivity contribution in [1.29, 1.82) is 0 Å². The van der Waals surface area contributed by atoms with Gasteiger partial charge in [-0.3, -0.25) is 0 Å². The Balaban J connectivity index is 1.75. The van der Waals surface area contributed by atoms with Crippen LogP contribution in [0.25, 0.3) is 0 Å². The van der Waals surface area contributed by atoms with Crippen molar-refractivity contribution >= 4 is 6.09 Å². The third-order valence-corrected chi connectivity index (χ3v) is 3.52. The summed E-state index contributed by atoms with van der Waals surface area (Å²) in [6.07, 6.45) is -0.769. The van der Waals surface area contributed by atoms with Crippen LogP contribution in [-0.4, -0.2) is 29.4 Å². The van der Waals surface area contributed by atoms with Crippen LogP contribution in [0.4, 0.5) is 4.79 Å². The molecular formula is C21H27NO4. The molecule has 2 N–H and O–H groups in total. The smallest absolute Gasteiger partial charge is 0.407 e. The number of alkyl carbamates (subject to hydrolysis) is 1. The molecule has 0 aliphatic heterocycles. The molecule has 1 atom stereocenters. The van der Waals surface area contributed by atoms with Gasteiger partial charge in [-0.15, -0.1) is 0 Å². The molecule has 0 spiro atoms. The van der Waals surface area contributed by atoms with Crippen LogP contribution in [0.2, 0.25) is 0 Å². The number of carbonyl (C=O) groups excluding carboxylic acids is 1. The maximum atomic E-state index is 11.6. The van der Waals surface area contributed by atoms with Crippen LogP contribution in [-0.2, 0) is 17.8 Å². The third kappa shape index (κ3) is 7.57. The highest BCUT2D eigenvalue weighted by Crippen LogP contribution is 2.15. The molecule has 140 valence electrons. The van der Waals surface area contributed by atoms with Crippen molar-refractivity contribution < 1.29 is 19.4 Å². The lowest BCUT2D eigenvalue weighted by atomic mass is 10.1. The molecule has 0 saturated heterocycles. The average Bonchev–Trinajstić information content (AvgIpc) is 2.59. The van der Waals surface area contributed by atoms with Crippen molar-refractivity contribution in [2.45, 2.75) is 45.5 Å². The third-order valence-electron chi connectivity index (χ3n) is 3.52. The van der Waals surface area contributed by atoms with Gasteiger partial charge in [0.05, 0.1) is 6.10 Å². The van der Waals surface area contributed by atoms with Crippen molar-refractivity contribution in [3.8, 4) is 5.75 Å². The number of hydrogen-bond acceptors (Lipinski definition) is 4. The fraction of sp³-hybridized carbons (Fsp3) is 0.381. The van der Waals surface area contributed by atoms with Crippen molar-refractivity contribution in [2.75, 3.05) is 6.54 Å². The molecule has 5 nitrogen and oxygen atoms in total. The number of rotatable bonds is 7. The number of aliphatic hydroxyl groups excluding tert-OH is 1. The Morgan fingerprint density at radius 3 is 2.31 bits per heavy atom. The van der Waals surface area contributed by atoms with E-state index in [1.54, 1.807) is 20.8 Å². The number of carbonyl (C=O) groups is 1. The first-order valence-corrected chi connectivity index (χ1v) is 8.72. The monoisotopic (exact) mass is 357 g/mol. The molecule has 26 heavy (non-hydrogen) atoms. The molecule has 1 amide bonds. The quantitative estimate of drug-likeness (QED) is 0.793. The molecule has 0 unspecified atom stereocenters. The minimum Gasteiger partial charge on any atom is -0.489 e. The number of nitrogens with one attached hydrogen (secondary N) is 1. The van der Waals surface area contributed by atoms with Crippen LogP contribution in [0.15, 0.2) is 54.6 Å². The Labute approximate surface area is 155 Å². The normalized spacial score (nSPS) is 12.3. The minimum absolute atomic E-state index is 0.140. The predicted molar refractivity (Wildman–Crippen MR) is 101 cm³/mol. The summed E-state index contributed by atoms with van der Waals surface area (Å²) in [6, 6.07) is 17.6. The van der Waals surface area contributed by atoms with Gasteiger partial charge in [0.1, 0.15) is 18.0 Å². The molecule has 0 aromatic heterocycles. The molecule has 0 radical (unpaired) electrons. The van der Waals surface area contributed by atoms with Crippen molar-refractivity contribution in [1.82, 2.24) is 5.32 Å². The van der Waals surface area contributed by atoms with E-state index in [0.717, 1.165) is 16.9 Å². The fourth-order valence-corrected chi connectivity index (χ4v) is 2.32. The second-order valence-corrected chi connectivity index (χ2v) is 7.16. The summed E-state index contributed by atoms with van der Waals surface area (Å²) >= 11 is 0. The zero-order valence-corrected chi connectivity index (χ0v) is 15.6. The second-order valence-electron chi connectivity index (χ2n) is 7.16. The number of hydrogen-bond donors (Lipinski definition) is 2. The number of ether oxygens (including phenoxy) is 2. The lowest BCUT2D eigenvalue weighted by Crippen LogP contribution is -2.37. The Morgan fingerprint density at radius 1 is 1.04 bits per heavy atom. The maximum Gasteiger partial charge on any atom is 0.407 e. The predicted octanol–water partition coefficient (Wildman–Crippen LogP) is 3.69. The van der Waals surface area contributed by atoms with Gasteiger partial charge in [-0.05, 0) is 44.0 Å². The first-order chi connectivity index (χ1) is 12.3. The molecule has 0 aliphatic carbocycles. The van der Waals surface area contributed by atoms with Gasteiger partial charge in [-0.2, -0.15) is 0 Å². The van der Waals surface area contributed by atoms with Crippen LogP contribution < -0.4 is 10.1 Å². The highest BCUT2D eigenvalue weighted by atomic mass is 16.6. The lowest BCUT2D eigenvalue weighted by Gasteiger charge is -2.20. The fourth-order valence-electron chi connectivity index (χ4n) is 2.32. The van der Waals surface area contributed by atoms with E-state index in [-0.39, 0.29) is 6.54 Å². The van der Waals surface area contributed by atoms with Crippen LogP contribution in [0, 0.1) is 0 Å². The van der Waals surface area contributed by atoms with Crippen LogP contribution in [0.5, 0.6) is 5.75 Å². The first-order valence-electron chi connectivity index (χ1n) is 8.72. The highest BCUT2D eigenvalue weighted by molar-refractivity contribution is 5.67. The zero-order chi connectivity index (χ0) is 19.0. The summed E-state index contributed by atoms with van der Waals surface area (Å²) in [7, 11) is 0. The Hall–Kier alpha value is -2.53. The van der Waals surface area contributed by atoms with Gasteiger partial charge in [-0.25, -0.2) is 4.79 Å². The molecule has 2 aromatic carbocycles. The lowest BCUT2D eigenvalue weighted by molar-refractivity contribution is 0.0492. The molecule has 0 fully saturated rings. The van der Waals surface area contributed by atoms with Crippen molar-refractivity contribution in [2.24, 2.45) is 0 Å². The van der Waals surface area contributed by atoms with Crippen LogP contribution in [0.3, 0.4) is 0 Å². The van der Waals surface area contributed by atoms with Gasteiger partial charge in [0, 0.05) is 13.0 Å². The van der Waals surface area contributed by atoms with E-state index in [2.05, 4.69) is 5.32 Å². The summed E-state index contributed by atoms with van der Waals surface area (Å²) in [5, 5.41) is 12.6. The summed E-state index contributed by atoms with van der Waals surface area (Å²) in [5.74, 6) is 0.777. The maximum absolute atomic E-state index is 11.6.